The van der Waals surface area contributed by atoms with Crippen molar-refractivity contribution < 1.29 is 19.8 Å². The van der Waals surface area contributed by atoms with Crippen LogP contribution < -0.4 is 0 Å². The topological polar surface area (TPSA) is 74.6 Å². The van der Waals surface area contributed by atoms with Gasteiger partial charge in [0.05, 0.1) is 11.8 Å². The molecule has 0 saturated carbocycles. The van der Waals surface area contributed by atoms with E-state index in [1.54, 1.807) is 0 Å². The van der Waals surface area contributed by atoms with Crippen LogP contribution in [0.2, 0.25) is 0 Å². The Balaban J connectivity index is 3.63. The van der Waals surface area contributed by atoms with Gasteiger partial charge in [0.25, 0.3) is 0 Å². The van der Waals surface area contributed by atoms with Crippen molar-refractivity contribution >= 4 is 11.6 Å². The second-order valence-corrected chi connectivity index (χ2v) is 7.57. The van der Waals surface area contributed by atoms with E-state index in [2.05, 4.69) is 0 Å². The zero-order valence-corrected chi connectivity index (χ0v) is 16.6. The van der Waals surface area contributed by atoms with Crippen molar-refractivity contribution in [2.75, 3.05) is 0 Å². The zero-order chi connectivity index (χ0) is 20.1. The molecule has 0 spiro atoms. The molecule has 4 heteroatoms. The molecule has 0 aromatic carbocycles. The van der Waals surface area contributed by atoms with Gasteiger partial charge in [-0.1, -0.05) is 34.9 Å². The number of carbonyl (C=O) groups excluding carboxylic acids is 2. The van der Waals surface area contributed by atoms with E-state index in [4.69, 9.17) is 0 Å². The van der Waals surface area contributed by atoms with Crippen LogP contribution in [-0.2, 0) is 9.59 Å². The molecule has 1 rings (SSSR count). The third-order valence-corrected chi connectivity index (χ3v) is 4.49. The Bertz CT molecular complexity index is 710. The molecule has 0 atom stereocenters. The molecular weight excluding hydrogens is 328 g/mol. The van der Waals surface area contributed by atoms with Crippen LogP contribution in [0.4, 0.5) is 0 Å². The highest BCUT2D eigenvalue weighted by molar-refractivity contribution is 6.24. The molecule has 2 N–H and O–H groups in total. The fourth-order valence-electron chi connectivity index (χ4n) is 2.85. The summed E-state index contributed by atoms with van der Waals surface area (Å²) in [5.74, 6) is -1.30. The smallest absolute Gasteiger partial charge is 0.184 e. The van der Waals surface area contributed by atoms with E-state index in [9.17, 15) is 19.8 Å². The largest absolute Gasteiger partial charge is 0.515 e. The summed E-state index contributed by atoms with van der Waals surface area (Å²) in [6.45, 7) is 11.4. The molecule has 142 valence electrons. The van der Waals surface area contributed by atoms with E-state index in [0.29, 0.717) is 6.26 Å². The van der Waals surface area contributed by atoms with Crippen LogP contribution in [0.3, 0.4) is 0 Å². The first kappa shape index (κ1) is 21.7. The van der Waals surface area contributed by atoms with Gasteiger partial charge in [0.1, 0.15) is 11.2 Å². The van der Waals surface area contributed by atoms with Gasteiger partial charge in [0.15, 0.2) is 11.6 Å². The van der Waals surface area contributed by atoms with Crippen LogP contribution in [0.25, 0.3) is 0 Å². The third kappa shape index (κ3) is 4.63. The highest BCUT2D eigenvalue weighted by Crippen LogP contribution is 2.43. The fourth-order valence-corrected chi connectivity index (χ4v) is 2.85. The van der Waals surface area contributed by atoms with Crippen molar-refractivity contribution in [1.82, 2.24) is 0 Å². The van der Waals surface area contributed by atoms with E-state index < -0.39 is 17.0 Å². The molecular formula is C22H30O4. The SMILES string of the molecule is CC(C)=CCC1=C(O)/C(=C\O)C(=O)C(CC=C(C)C)(CC=C(C)C)C1=O. The maximum atomic E-state index is 13.3. The van der Waals surface area contributed by atoms with Gasteiger partial charge in [-0.2, -0.15) is 0 Å². The number of hydrogen-bond acceptors (Lipinski definition) is 4. The van der Waals surface area contributed by atoms with Crippen molar-refractivity contribution in [3.63, 3.8) is 0 Å². The summed E-state index contributed by atoms with van der Waals surface area (Å²) in [5, 5.41) is 20.0. The van der Waals surface area contributed by atoms with E-state index in [0.717, 1.165) is 16.7 Å². The monoisotopic (exact) mass is 358 g/mol. The molecule has 0 unspecified atom stereocenters. The first-order valence-electron chi connectivity index (χ1n) is 8.83. The minimum Gasteiger partial charge on any atom is -0.515 e. The Hall–Kier alpha value is -2.36. The van der Waals surface area contributed by atoms with Crippen LogP contribution in [-0.4, -0.2) is 21.8 Å². The lowest BCUT2D eigenvalue weighted by atomic mass is 9.64. The van der Waals surface area contributed by atoms with Crippen molar-refractivity contribution in [3.05, 3.63) is 58.1 Å². The van der Waals surface area contributed by atoms with Gasteiger partial charge in [-0.3, -0.25) is 9.59 Å². The molecule has 4 nitrogen and oxygen atoms in total. The molecule has 0 radical (unpaired) electrons. The Morgan fingerprint density at radius 1 is 0.846 bits per heavy atom. The van der Waals surface area contributed by atoms with Crippen molar-refractivity contribution in [3.8, 4) is 0 Å². The van der Waals surface area contributed by atoms with Gasteiger partial charge in [0.2, 0.25) is 0 Å². The second kappa shape index (κ2) is 8.84. The van der Waals surface area contributed by atoms with Gasteiger partial charge < -0.3 is 10.2 Å². The average molecular weight is 358 g/mol. The number of Topliss-reactive ketones (excluding diaryl/α,β-unsaturated/α-hetero) is 2. The molecule has 0 aromatic rings. The molecule has 1 aliphatic rings. The quantitative estimate of drug-likeness (QED) is 0.287. The zero-order valence-electron chi connectivity index (χ0n) is 16.6. The first-order chi connectivity index (χ1) is 12.1. The third-order valence-electron chi connectivity index (χ3n) is 4.49. The molecule has 1 aliphatic carbocycles. The van der Waals surface area contributed by atoms with Gasteiger partial charge in [-0.15, -0.1) is 0 Å². The highest BCUT2D eigenvalue weighted by Gasteiger charge is 2.51. The van der Waals surface area contributed by atoms with E-state index in [-0.39, 0.29) is 36.2 Å². The van der Waals surface area contributed by atoms with E-state index >= 15 is 0 Å². The lowest BCUT2D eigenvalue weighted by molar-refractivity contribution is -0.137. The number of carbonyl (C=O) groups is 2. The van der Waals surface area contributed by atoms with Gasteiger partial charge in [-0.05, 0) is 60.8 Å². The Kier molecular flexibility index (Phi) is 7.37. The van der Waals surface area contributed by atoms with Crippen LogP contribution in [0.1, 0.15) is 60.8 Å². The summed E-state index contributed by atoms with van der Waals surface area (Å²) in [4.78, 5) is 26.4. The molecule has 0 heterocycles. The molecule has 0 saturated heterocycles. The number of aliphatic hydroxyl groups is 2. The predicted octanol–water partition coefficient (Wildman–Crippen LogP) is 5.45. The molecule has 0 bridgehead atoms. The summed E-state index contributed by atoms with van der Waals surface area (Å²) >= 11 is 0. The number of allylic oxidation sites excluding steroid dienone is 8. The van der Waals surface area contributed by atoms with E-state index in [1.807, 2.05) is 59.8 Å². The molecule has 0 amide bonds. The van der Waals surface area contributed by atoms with Gasteiger partial charge >= 0.3 is 0 Å². The van der Waals surface area contributed by atoms with Crippen LogP contribution >= 0.6 is 0 Å². The summed E-state index contributed by atoms with van der Waals surface area (Å²) in [6, 6.07) is 0. The van der Waals surface area contributed by atoms with E-state index in [1.165, 1.54) is 0 Å². The molecule has 26 heavy (non-hydrogen) atoms. The summed E-state index contributed by atoms with van der Waals surface area (Å²) < 4.78 is 0. The Morgan fingerprint density at radius 2 is 1.31 bits per heavy atom. The van der Waals surface area contributed by atoms with Crippen LogP contribution in [0.5, 0.6) is 0 Å². The number of hydrogen-bond donors (Lipinski definition) is 2. The molecule has 0 aliphatic heterocycles. The lowest BCUT2D eigenvalue weighted by Gasteiger charge is -2.35. The number of aliphatic hydroxyl groups excluding tert-OH is 2. The highest BCUT2D eigenvalue weighted by atomic mass is 16.3. The summed E-state index contributed by atoms with van der Waals surface area (Å²) in [7, 11) is 0. The lowest BCUT2D eigenvalue weighted by Crippen LogP contribution is -2.45. The minimum atomic E-state index is -1.33. The predicted molar refractivity (Wildman–Crippen MR) is 105 cm³/mol. The Morgan fingerprint density at radius 3 is 1.69 bits per heavy atom. The van der Waals surface area contributed by atoms with Crippen molar-refractivity contribution in [2.24, 2.45) is 5.41 Å². The summed E-state index contributed by atoms with van der Waals surface area (Å²) in [6.07, 6.45) is 6.88. The normalized spacial score (nSPS) is 18.0. The standard InChI is InChI=1S/C22H30O4/c1-14(2)7-8-17-19(24)18(13-23)21(26)22(20(17)25,11-9-15(3)4)12-10-16(5)6/h7,9-10,13,23-24H,8,11-12H2,1-6H3/b18-13+. The van der Waals surface area contributed by atoms with Gasteiger partial charge in [-0.25, -0.2) is 0 Å². The Labute approximate surface area is 156 Å². The fraction of sp³-hybridized carbons (Fsp3) is 0.455. The van der Waals surface area contributed by atoms with Crippen molar-refractivity contribution in [2.45, 2.75) is 60.8 Å². The first-order valence-corrected chi connectivity index (χ1v) is 8.83. The maximum Gasteiger partial charge on any atom is 0.184 e. The van der Waals surface area contributed by atoms with Crippen LogP contribution in [0, 0.1) is 5.41 Å². The second-order valence-electron chi connectivity index (χ2n) is 7.57. The summed E-state index contributed by atoms with van der Waals surface area (Å²) in [5.41, 5.74) is 1.66. The minimum absolute atomic E-state index is 0.176. The molecule has 0 aromatic heterocycles. The maximum absolute atomic E-state index is 13.3. The average Bonchev–Trinajstić information content (AvgIpc) is 2.54. The molecule has 0 fully saturated rings. The van der Waals surface area contributed by atoms with Gasteiger partial charge in [0, 0.05) is 5.57 Å². The number of ketones is 2. The number of rotatable bonds is 6. The van der Waals surface area contributed by atoms with Crippen molar-refractivity contribution in [1.29, 1.82) is 0 Å². The van der Waals surface area contributed by atoms with Crippen LogP contribution in [0.15, 0.2) is 58.1 Å².